The fraction of sp³-hybridized carbons (Fsp3) is 1.00. The second kappa shape index (κ2) is 5.27. The van der Waals surface area contributed by atoms with E-state index >= 15 is 0 Å². The van der Waals surface area contributed by atoms with Gasteiger partial charge in [-0.15, -0.1) is 0 Å². The lowest BCUT2D eigenvalue weighted by atomic mass is 9.78. The van der Waals surface area contributed by atoms with Crippen LogP contribution in [0.2, 0.25) is 0 Å². The van der Waals surface area contributed by atoms with Crippen LogP contribution in [0.15, 0.2) is 0 Å². The van der Waals surface area contributed by atoms with Crippen molar-refractivity contribution in [1.82, 2.24) is 4.90 Å². The van der Waals surface area contributed by atoms with Gasteiger partial charge in [0, 0.05) is 18.6 Å². The summed E-state index contributed by atoms with van der Waals surface area (Å²) < 4.78 is 0. The molecule has 0 radical (unpaired) electrons. The lowest BCUT2D eigenvalue weighted by Crippen LogP contribution is -2.49. The van der Waals surface area contributed by atoms with Gasteiger partial charge < -0.3 is 5.73 Å². The summed E-state index contributed by atoms with van der Waals surface area (Å²) >= 11 is 0. The molecule has 1 aliphatic heterocycles. The number of rotatable bonds is 2. The molecule has 17 heavy (non-hydrogen) atoms. The zero-order valence-electron chi connectivity index (χ0n) is 11.1. The third kappa shape index (κ3) is 2.53. The van der Waals surface area contributed by atoms with Crippen molar-refractivity contribution in [2.45, 2.75) is 69.9 Å². The van der Waals surface area contributed by atoms with Crippen LogP contribution in [-0.4, -0.2) is 30.1 Å². The van der Waals surface area contributed by atoms with Crippen LogP contribution in [0.1, 0.15) is 57.8 Å². The molecule has 0 aromatic rings. The van der Waals surface area contributed by atoms with E-state index < -0.39 is 0 Å². The zero-order valence-corrected chi connectivity index (χ0v) is 11.1. The normalized spacial score (nSPS) is 43.6. The molecule has 0 aromatic heterocycles. The van der Waals surface area contributed by atoms with E-state index in [4.69, 9.17) is 5.73 Å². The second-order valence-electron chi connectivity index (χ2n) is 6.60. The summed E-state index contributed by atoms with van der Waals surface area (Å²) in [5, 5.41) is 0. The smallest absolute Gasteiger partial charge is 0.0124 e. The molecule has 0 bridgehead atoms. The van der Waals surface area contributed by atoms with Crippen molar-refractivity contribution < 1.29 is 0 Å². The van der Waals surface area contributed by atoms with Crippen molar-refractivity contribution in [3.8, 4) is 0 Å². The highest BCUT2D eigenvalue weighted by atomic mass is 15.2. The van der Waals surface area contributed by atoms with Crippen molar-refractivity contribution in [3.63, 3.8) is 0 Å². The van der Waals surface area contributed by atoms with Gasteiger partial charge in [-0.2, -0.15) is 0 Å². The average Bonchev–Trinajstić information content (AvgIpc) is 2.76. The summed E-state index contributed by atoms with van der Waals surface area (Å²) in [5.41, 5.74) is 6.24. The number of likely N-dealkylation sites (tertiary alicyclic amines) is 1. The van der Waals surface area contributed by atoms with Gasteiger partial charge >= 0.3 is 0 Å². The Morgan fingerprint density at radius 1 is 0.882 bits per heavy atom. The largest absolute Gasteiger partial charge is 0.327 e. The monoisotopic (exact) mass is 236 g/mol. The van der Waals surface area contributed by atoms with Gasteiger partial charge in [0.2, 0.25) is 0 Å². The molecule has 0 spiro atoms. The van der Waals surface area contributed by atoms with Crippen LogP contribution in [-0.2, 0) is 0 Å². The standard InChI is InChI=1S/C15H28N2/c16-14-8-3-6-13(14)11-17-10-4-7-12-5-1-2-9-15(12)17/h12-15H,1-11,16H2/t12-,13?,14?,15-/m1/s1. The molecule has 2 N–H and O–H groups in total. The Labute approximate surface area is 106 Å². The van der Waals surface area contributed by atoms with Crippen molar-refractivity contribution in [2.24, 2.45) is 17.6 Å². The van der Waals surface area contributed by atoms with E-state index in [1.54, 1.807) is 0 Å². The SMILES string of the molecule is NC1CCCC1CN1CCC[C@H]2CCCC[C@H]21. The van der Waals surface area contributed by atoms with E-state index in [0.717, 1.165) is 17.9 Å². The molecule has 3 rings (SSSR count). The van der Waals surface area contributed by atoms with Crippen molar-refractivity contribution in [3.05, 3.63) is 0 Å². The predicted octanol–water partition coefficient (Wildman–Crippen LogP) is 2.77. The van der Waals surface area contributed by atoms with E-state index in [2.05, 4.69) is 4.90 Å². The quantitative estimate of drug-likeness (QED) is 0.799. The molecular formula is C15H28N2. The Kier molecular flexibility index (Phi) is 3.72. The van der Waals surface area contributed by atoms with Gasteiger partial charge in [0.15, 0.2) is 0 Å². The third-order valence-electron chi connectivity index (χ3n) is 5.55. The van der Waals surface area contributed by atoms with Gasteiger partial charge in [0.25, 0.3) is 0 Å². The van der Waals surface area contributed by atoms with Crippen LogP contribution in [0.25, 0.3) is 0 Å². The Morgan fingerprint density at radius 3 is 2.53 bits per heavy atom. The van der Waals surface area contributed by atoms with Gasteiger partial charge in [-0.25, -0.2) is 0 Å². The topological polar surface area (TPSA) is 29.3 Å². The molecule has 2 unspecified atom stereocenters. The van der Waals surface area contributed by atoms with E-state index in [-0.39, 0.29) is 0 Å². The van der Waals surface area contributed by atoms with Gasteiger partial charge in [-0.3, -0.25) is 4.90 Å². The maximum absolute atomic E-state index is 6.24. The molecule has 0 aromatic carbocycles. The summed E-state index contributed by atoms with van der Waals surface area (Å²) in [7, 11) is 0. The Balaban J connectivity index is 1.61. The average molecular weight is 236 g/mol. The van der Waals surface area contributed by atoms with Gasteiger partial charge in [-0.1, -0.05) is 19.3 Å². The summed E-state index contributed by atoms with van der Waals surface area (Å²) in [6, 6.07) is 1.42. The Bertz CT molecular complexity index is 251. The molecule has 2 saturated carbocycles. The van der Waals surface area contributed by atoms with Crippen molar-refractivity contribution in [1.29, 1.82) is 0 Å². The molecule has 2 nitrogen and oxygen atoms in total. The minimum atomic E-state index is 0.499. The molecule has 1 saturated heterocycles. The highest BCUT2D eigenvalue weighted by Crippen LogP contribution is 2.36. The van der Waals surface area contributed by atoms with Crippen LogP contribution in [0.4, 0.5) is 0 Å². The number of piperidine rings is 1. The highest BCUT2D eigenvalue weighted by molar-refractivity contribution is 4.90. The van der Waals surface area contributed by atoms with E-state index in [1.807, 2.05) is 0 Å². The fourth-order valence-corrected chi connectivity index (χ4v) is 4.55. The van der Waals surface area contributed by atoms with Crippen LogP contribution in [0, 0.1) is 11.8 Å². The summed E-state index contributed by atoms with van der Waals surface area (Å²) in [4.78, 5) is 2.82. The maximum Gasteiger partial charge on any atom is 0.0124 e. The van der Waals surface area contributed by atoms with E-state index in [9.17, 15) is 0 Å². The first-order chi connectivity index (χ1) is 8.34. The number of nitrogens with two attached hydrogens (primary N) is 1. The molecule has 3 aliphatic rings. The van der Waals surface area contributed by atoms with Gasteiger partial charge in [0.05, 0.1) is 0 Å². The molecule has 3 fully saturated rings. The lowest BCUT2D eigenvalue weighted by Gasteiger charge is -2.45. The number of hydrogen-bond donors (Lipinski definition) is 1. The van der Waals surface area contributed by atoms with Gasteiger partial charge in [-0.05, 0) is 56.9 Å². The number of hydrogen-bond acceptors (Lipinski definition) is 2. The van der Waals surface area contributed by atoms with E-state index in [1.165, 1.54) is 70.9 Å². The van der Waals surface area contributed by atoms with Crippen molar-refractivity contribution in [2.75, 3.05) is 13.1 Å². The number of nitrogens with zero attached hydrogens (tertiary/aromatic N) is 1. The van der Waals surface area contributed by atoms with Crippen LogP contribution < -0.4 is 5.73 Å². The predicted molar refractivity (Wildman–Crippen MR) is 71.9 cm³/mol. The van der Waals surface area contributed by atoms with Gasteiger partial charge in [0.1, 0.15) is 0 Å². The Morgan fingerprint density at radius 2 is 1.71 bits per heavy atom. The second-order valence-corrected chi connectivity index (χ2v) is 6.60. The molecule has 2 heteroatoms. The fourth-order valence-electron chi connectivity index (χ4n) is 4.55. The zero-order chi connectivity index (χ0) is 11.7. The molecule has 2 aliphatic carbocycles. The summed E-state index contributed by atoms with van der Waals surface area (Å²) in [6.07, 6.45) is 12.9. The third-order valence-corrected chi connectivity index (χ3v) is 5.55. The van der Waals surface area contributed by atoms with Crippen molar-refractivity contribution >= 4 is 0 Å². The maximum atomic E-state index is 6.24. The summed E-state index contributed by atoms with van der Waals surface area (Å²) in [5.74, 6) is 1.82. The van der Waals surface area contributed by atoms with Crippen LogP contribution in [0.5, 0.6) is 0 Å². The van der Waals surface area contributed by atoms with Crippen LogP contribution in [0.3, 0.4) is 0 Å². The molecular weight excluding hydrogens is 208 g/mol. The first-order valence-electron chi connectivity index (χ1n) is 7.84. The minimum absolute atomic E-state index is 0.499. The van der Waals surface area contributed by atoms with E-state index in [0.29, 0.717) is 6.04 Å². The highest BCUT2D eigenvalue weighted by Gasteiger charge is 2.35. The molecule has 4 atom stereocenters. The minimum Gasteiger partial charge on any atom is -0.327 e. The first-order valence-corrected chi connectivity index (χ1v) is 7.84. The molecule has 1 heterocycles. The molecule has 0 amide bonds. The lowest BCUT2D eigenvalue weighted by molar-refractivity contribution is 0.0469. The first kappa shape index (κ1) is 12.0. The number of fused-ring (bicyclic) bond motifs is 1. The summed E-state index contributed by atoms with van der Waals surface area (Å²) in [6.45, 7) is 2.66. The molecule has 98 valence electrons. The Hall–Kier alpha value is -0.0800. The van der Waals surface area contributed by atoms with Crippen LogP contribution >= 0.6 is 0 Å².